The largest absolute Gasteiger partial charge is 0.335 e. The SMILES string of the molecule is Cc1ccccc1C1CCN(C(=O)NC2CCN(C3CC3)CC2)CC1. The lowest BCUT2D eigenvalue weighted by Gasteiger charge is -2.36. The lowest BCUT2D eigenvalue weighted by atomic mass is 9.87. The Hall–Kier alpha value is -1.55. The van der Waals surface area contributed by atoms with Crippen LogP contribution in [0, 0.1) is 6.92 Å². The van der Waals surface area contributed by atoms with Gasteiger partial charge in [-0.05, 0) is 62.5 Å². The molecule has 4 nitrogen and oxygen atoms in total. The fourth-order valence-corrected chi connectivity index (χ4v) is 4.55. The van der Waals surface area contributed by atoms with Crippen molar-refractivity contribution in [2.75, 3.05) is 26.2 Å². The molecule has 25 heavy (non-hydrogen) atoms. The van der Waals surface area contributed by atoms with Gasteiger partial charge in [-0.3, -0.25) is 0 Å². The molecule has 1 aliphatic carbocycles. The second-order valence-corrected chi connectivity index (χ2v) is 8.11. The first kappa shape index (κ1) is 16.9. The van der Waals surface area contributed by atoms with Gasteiger partial charge in [0.1, 0.15) is 0 Å². The highest BCUT2D eigenvalue weighted by atomic mass is 16.2. The highest BCUT2D eigenvalue weighted by molar-refractivity contribution is 5.74. The van der Waals surface area contributed by atoms with E-state index in [9.17, 15) is 4.79 Å². The Morgan fingerprint density at radius 2 is 1.64 bits per heavy atom. The summed E-state index contributed by atoms with van der Waals surface area (Å²) >= 11 is 0. The Morgan fingerprint density at radius 1 is 0.960 bits per heavy atom. The summed E-state index contributed by atoms with van der Waals surface area (Å²) in [5.41, 5.74) is 2.85. The monoisotopic (exact) mass is 341 g/mol. The summed E-state index contributed by atoms with van der Waals surface area (Å²) in [5.74, 6) is 0.604. The van der Waals surface area contributed by atoms with Crippen molar-refractivity contribution < 1.29 is 4.79 Å². The van der Waals surface area contributed by atoms with Gasteiger partial charge in [0.15, 0.2) is 0 Å². The Balaban J connectivity index is 1.23. The quantitative estimate of drug-likeness (QED) is 0.913. The van der Waals surface area contributed by atoms with Crippen molar-refractivity contribution in [3.63, 3.8) is 0 Å². The smallest absolute Gasteiger partial charge is 0.317 e. The molecule has 0 radical (unpaired) electrons. The van der Waals surface area contributed by atoms with Gasteiger partial charge in [0.05, 0.1) is 0 Å². The minimum absolute atomic E-state index is 0.160. The second-order valence-electron chi connectivity index (χ2n) is 8.11. The van der Waals surface area contributed by atoms with Gasteiger partial charge in [0, 0.05) is 38.3 Å². The molecule has 1 aromatic carbocycles. The van der Waals surface area contributed by atoms with E-state index in [1.165, 1.54) is 24.0 Å². The number of aryl methyl sites for hydroxylation is 1. The van der Waals surface area contributed by atoms with E-state index < -0.39 is 0 Å². The number of urea groups is 1. The number of hydrogen-bond acceptors (Lipinski definition) is 2. The first-order valence-electron chi connectivity index (χ1n) is 10.1. The third-order valence-electron chi connectivity index (χ3n) is 6.33. The highest BCUT2D eigenvalue weighted by Crippen LogP contribution is 2.31. The molecule has 0 atom stereocenters. The number of nitrogens with one attached hydrogen (secondary N) is 1. The van der Waals surface area contributed by atoms with Crippen LogP contribution in [0.15, 0.2) is 24.3 Å². The number of rotatable bonds is 3. The summed E-state index contributed by atoms with van der Waals surface area (Å²) in [6, 6.07) is 10.1. The number of carbonyl (C=O) groups excluding carboxylic acids is 1. The number of carbonyl (C=O) groups is 1. The van der Waals surface area contributed by atoms with E-state index >= 15 is 0 Å². The van der Waals surface area contributed by atoms with Gasteiger partial charge < -0.3 is 15.1 Å². The summed E-state index contributed by atoms with van der Waals surface area (Å²) in [7, 11) is 0. The average molecular weight is 341 g/mol. The van der Waals surface area contributed by atoms with E-state index in [0.29, 0.717) is 12.0 Å². The van der Waals surface area contributed by atoms with Gasteiger partial charge in [0.25, 0.3) is 0 Å². The highest BCUT2D eigenvalue weighted by Gasteiger charge is 2.33. The molecule has 0 bridgehead atoms. The van der Waals surface area contributed by atoms with Crippen molar-refractivity contribution in [3.05, 3.63) is 35.4 Å². The zero-order valence-electron chi connectivity index (χ0n) is 15.4. The van der Waals surface area contributed by atoms with Gasteiger partial charge in [-0.1, -0.05) is 24.3 Å². The molecule has 2 aliphatic heterocycles. The van der Waals surface area contributed by atoms with Crippen molar-refractivity contribution in [3.8, 4) is 0 Å². The van der Waals surface area contributed by atoms with Crippen LogP contribution in [0.5, 0.6) is 0 Å². The maximum atomic E-state index is 12.6. The standard InChI is InChI=1S/C21H31N3O/c1-16-4-2-3-5-20(16)17-8-12-24(13-9-17)21(25)22-18-10-14-23(15-11-18)19-6-7-19/h2-5,17-19H,6-15H2,1H3,(H,22,25). The second kappa shape index (κ2) is 7.36. The van der Waals surface area contributed by atoms with Gasteiger partial charge in [-0.25, -0.2) is 4.79 Å². The molecule has 1 aromatic rings. The molecule has 2 amide bonds. The topological polar surface area (TPSA) is 35.6 Å². The van der Waals surface area contributed by atoms with Gasteiger partial charge in [0.2, 0.25) is 0 Å². The van der Waals surface area contributed by atoms with E-state index in [4.69, 9.17) is 0 Å². The molecule has 4 heteroatoms. The maximum absolute atomic E-state index is 12.6. The molecule has 2 saturated heterocycles. The summed E-state index contributed by atoms with van der Waals surface area (Å²) in [5, 5.41) is 3.29. The van der Waals surface area contributed by atoms with Crippen LogP contribution in [0.1, 0.15) is 55.6 Å². The molecule has 0 spiro atoms. The molecule has 3 aliphatic rings. The van der Waals surface area contributed by atoms with Crippen LogP contribution in [0.25, 0.3) is 0 Å². The van der Waals surface area contributed by atoms with E-state index in [1.807, 2.05) is 4.90 Å². The maximum Gasteiger partial charge on any atom is 0.317 e. The Bertz CT molecular complexity index is 597. The lowest BCUT2D eigenvalue weighted by molar-refractivity contribution is 0.159. The molecular weight excluding hydrogens is 310 g/mol. The summed E-state index contributed by atoms with van der Waals surface area (Å²) < 4.78 is 0. The Labute approximate surface area is 151 Å². The molecule has 1 N–H and O–H groups in total. The molecule has 3 fully saturated rings. The van der Waals surface area contributed by atoms with Gasteiger partial charge >= 0.3 is 6.03 Å². The fourth-order valence-electron chi connectivity index (χ4n) is 4.55. The number of hydrogen-bond donors (Lipinski definition) is 1. The Morgan fingerprint density at radius 3 is 2.28 bits per heavy atom. The third kappa shape index (κ3) is 4.00. The van der Waals surface area contributed by atoms with Crippen LogP contribution in [-0.4, -0.2) is 54.1 Å². The zero-order chi connectivity index (χ0) is 17.2. The number of amides is 2. The summed E-state index contributed by atoms with van der Waals surface area (Å²) in [6.07, 6.45) is 7.15. The van der Waals surface area contributed by atoms with E-state index in [1.54, 1.807) is 0 Å². The molecule has 1 saturated carbocycles. The minimum Gasteiger partial charge on any atom is -0.335 e. The van der Waals surface area contributed by atoms with Gasteiger partial charge in [-0.15, -0.1) is 0 Å². The van der Waals surface area contributed by atoms with E-state index in [-0.39, 0.29) is 6.03 Å². The van der Waals surface area contributed by atoms with Crippen LogP contribution < -0.4 is 5.32 Å². The van der Waals surface area contributed by atoms with E-state index in [2.05, 4.69) is 41.4 Å². The lowest BCUT2D eigenvalue weighted by Crippen LogP contribution is -2.51. The number of likely N-dealkylation sites (tertiary alicyclic amines) is 2. The predicted molar refractivity (Wildman–Crippen MR) is 101 cm³/mol. The number of benzene rings is 1. The first-order chi connectivity index (χ1) is 12.2. The average Bonchev–Trinajstić information content (AvgIpc) is 3.48. The predicted octanol–water partition coefficient (Wildman–Crippen LogP) is 3.51. The molecule has 136 valence electrons. The number of nitrogens with zero attached hydrogens (tertiary/aromatic N) is 2. The van der Waals surface area contributed by atoms with E-state index in [0.717, 1.165) is 57.9 Å². The van der Waals surface area contributed by atoms with Gasteiger partial charge in [-0.2, -0.15) is 0 Å². The van der Waals surface area contributed by atoms with Crippen molar-refractivity contribution in [2.24, 2.45) is 0 Å². The van der Waals surface area contributed by atoms with Crippen LogP contribution in [0.4, 0.5) is 4.79 Å². The number of piperidine rings is 2. The molecule has 0 unspecified atom stereocenters. The zero-order valence-corrected chi connectivity index (χ0v) is 15.4. The molecule has 0 aromatic heterocycles. The van der Waals surface area contributed by atoms with Crippen LogP contribution in [0.2, 0.25) is 0 Å². The van der Waals surface area contributed by atoms with Crippen LogP contribution in [0.3, 0.4) is 0 Å². The van der Waals surface area contributed by atoms with Crippen LogP contribution in [-0.2, 0) is 0 Å². The molecule has 2 heterocycles. The molecule has 4 rings (SSSR count). The summed E-state index contributed by atoms with van der Waals surface area (Å²) in [6.45, 7) is 6.27. The fraction of sp³-hybridized carbons (Fsp3) is 0.667. The van der Waals surface area contributed by atoms with Crippen molar-refractivity contribution in [2.45, 2.75) is 63.5 Å². The third-order valence-corrected chi connectivity index (χ3v) is 6.33. The minimum atomic E-state index is 0.160. The Kier molecular flexibility index (Phi) is 4.98. The van der Waals surface area contributed by atoms with Crippen LogP contribution >= 0.6 is 0 Å². The van der Waals surface area contributed by atoms with Crippen molar-refractivity contribution in [1.29, 1.82) is 0 Å². The van der Waals surface area contributed by atoms with Crippen molar-refractivity contribution in [1.82, 2.24) is 15.1 Å². The normalized spacial score (nSPS) is 23.6. The summed E-state index contributed by atoms with van der Waals surface area (Å²) in [4.78, 5) is 17.2. The van der Waals surface area contributed by atoms with Crippen molar-refractivity contribution >= 4 is 6.03 Å². The molecular formula is C21H31N3O. The first-order valence-corrected chi connectivity index (χ1v) is 10.1.